The number of rotatable bonds is 3. The minimum absolute atomic E-state index is 0.0602. The molecule has 1 N–H and O–H groups in total. The number of hydrogen-bond donors (Lipinski definition) is 1. The van der Waals surface area contributed by atoms with Gasteiger partial charge in [-0.25, -0.2) is 0 Å². The Labute approximate surface area is 144 Å². The molecular weight excluding hydrogens is 324 g/mol. The predicted octanol–water partition coefficient (Wildman–Crippen LogP) is 1.09. The second-order valence-corrected chi connectivity index (χ2v) is 6.20. The summed E-state index contributed by atoms with van der Waals surface area (Å²) in [5, 5.41) is 0.873. The zero-order valence-corrected chi connectivity index (χ0v) is 13.9. The predicted molar refractivity (Wildman–Crippen MR) is 91.3 cm³/mol. The quantitative estimate of drug-likeness (QED) is 0.901. The largest absolute Gasteiger partial charge is 0.486 e. The number of ether oxygens (including phenoxy) is 3. The molecule has 7 heteroatoms. The van der Waals surface area contributed by atoms with Crippen LogP contribution in [0, 0.1) is 0 Å². The summed E-state index contributed by atoms with van der Waals surface area (Å²) in [5.41, 5.74) is 1.14. The van der Waals surface area contributed by atoms with Crippen LogP contribution in [0.25, 0.3) is 10.9 Å². The summed E-state index contributed by atoms with van der Waals surface area (Å²) in [7, 11) is 0. The maximum Gasteiger partial charge on any atom is 0.251 e. The Kier molecular flexibility index (Phi) is 4.31. The van der Waals surface area contributed by atoms with E-state index in [9.17, 15) is 9.59 Å². The topological polar surface area (TPSA) is 80.9 Å². The van der Waals surface area contributed by atoms with Gasteiger partial charge >= 0.3 is 0 Å². The molecule has 2 aliphatic heterocycles. The van der Waals surface area contributed by atoms with Gasteiger partial charge in [-0.15, -0.1) is 0 Å². The Morgan fingerprint density at radius 3 is 2.52 bits per heavy atom. The summed E-state index contributed by atoms with van der Waals surface area (Å²) < 4.78 is 16.4. The van der Waals surface area contributed by atoms with E-state index >= 15 is 0 Å². The number of hydrogen-bond acceptors (Lipinski definition) is 5. The molecule has 7 nitrogen and oxygen atoms in total. The van der Waals surface area contributed by atoms with Crippen LogP contribution in [0.4, 0.5) is 0 Å². The average molecular weight is 344 g/mol. The van der Waals surface area contributed by atoms with Gasteiger partial charge in [0.2, 0.25) is 5.91 Å². The van der Waals surface area contributed by atoms with E-state index in [1.807, 2.05) is 12.1 Å². The third kappa shape index (κ3) is 3.32. The van der Waals surface area contributed by atoms with Crippen molar-refractivity contribution in [2.45, 2.75) is 12.8 Å². The number of benzene rings is 1. The minimum atomic E-state index is -0.168. The highest BCUT2D eigenvalue weighted by atomic mass is 16.6. The van der Waals surface area contributed by atoms with Crippen LogP contribution >= 0.6 is 0 Å². The number of aryl methyl sites for hydroxylation is 1. The van der Waals surface area contributed by atoms with Crippen LogP contribution in [0.3, 0.4) is 0 Å². The number of carbonyl (C=O) groups excluding carboxylic acids is 1. The second kappa shape index (κ2) is 6.76. The van der Waals surface area contributed by atoms with E-state index in [4.69, 9.17) is 14.2 Å². The first kappa shape index (κ1) is 16.0. The first-order valence-corrected chi connectivity index (χ1v) is 8.52. The minimum Gasteiger partial charge on any atom is -0.486 e. The van der Waals surface area contributed by atoms with Crippen LogP contribution in [0.5, 0.6) is 11.5 Å². The summed E-state index contributed by atoms with van der Waals surface area (Å²) in [5.74, 6) is 1.38. The fourth-order valence-electron chi connectivity index (χ4n) is 3.19. The highest BCUT2D eigenvalue weighted by Gasteiger charge is 2.18. The molecule has 2 aliphatic rings. The van der Waals surface area contributed by atoms with Crippen LogP contribution in [0.1, 0.15) is 12.0 Å². The number of fused-ring (bicyclic) bond motifs is 2. The molecule has 25 heavy (non-hydrogen) atoms. The molecule has 3 heterocycles. The summed E-state index contributed by atoms with van der Waals surface area (Å²) in [6.45, 7) is 3.42. The van der Waals surface area contributed by atoms with Gasteiger partial charge in [-0.3, -0.25) is 9.59 Å². The van der Waals surface area contributed by atoms with Gasteiger partial charge in [0.1, 0.15) is 13.2 Å². The lowest BCUT2D eigenvalue weighted by Crippen LogP contribution is -2.40. The van der Waals surface area contributed by atoms with Gasteiger partial charge in [0, 0.05) is 36.5 Å². The van der Waals surface area contributed by atoms with E-state index in [2.05, 4.69) is 4.98 Å². The number of aromatic amines is 1. The van der Waals surface area contributed by atoms with E-state index in [0.29, 0.717) is 74.9 Å². The number of morpholine rings is 1. The van der Waals surface area contributed by atoms with Crippen molar-refractivity contribution in [2.24, 2.45) is 0 Å². The molecule has 1 amide bonds. The van der Waals surface area contributed by atoms with E-state index in [1.54, 1.807) is 11.0 Å². The van der Waals surface area contributed by atoms with Crippen LogP contribution in [0.15, 0.2) is 23.0 Å². The summed E-state index contributed by atoms with van der Waals surface area (Å²) >= 11 is 0. The SMILES string of the molecule is O=C(CCc1cc2cc3c(cc2[nH]c1=O)OCCO3)N1CCOCC1. The van der Waals surface area contributed by atoms with Gasteiger partial charge in [-0.05, 0) is 18.6 Å². The summed E-state index contributed by atoms with van der Waals surface area (Å²) in [6.07, 6.45) is 0.731. The lowest BCUT2D eigenvalue weighted by Gasteiger charge is -2.26. The van der Waals surface area contributed by atoms with Crippen LogP contribution in [-0.2, 0) is 16.0 Å². The Morgan fingerprint density at radius 1 is 1.04 bits per heavy atom. The number of aromatic nitrogens is 1. The Balaban J connectivity index is 1.54. The fraction of sp³-hybridized carbons (Fsp3) is 0.444. The van der Waals surface area contributed by atoms with E-state index in [0.717, 1.165) is 5.39 Å². The number of amides is 1. The van der Waals surface area contributed by atoms with Crippen LogP contribution in [0.2, 0.25) is 0 Å². The molecule has 1 fully saturated rings. The lowest BCUT2D eigenvalue weighted by atomic mass is 10.1. The molecule has 0 atom stereocenters. The zero-order chi connectivity index (χ0) is 17.2. The zero-order valence-electron chi connectivity index (χ0n) is 13.9. The normalized spacial score (nSPS) is 16.9. The first-order valence-electron chi connectivity index (χ1n) is 8.52. The van der Waals surface area contributed by atoms with Crippen LogP contribution < -0.4 is 15.0 Å². The molecule has 0 saturated carbocycles. The molecule has 2 aromatic rings. The van der Waals surface area contributed by atoms with Gasteiger partial charge in [-0.1, -0.05) is 0 Å². The van der Waals surface area contributed by atoms with Gasteiger partial charge in [0.25, 0.3) is 5.56 Å². The molecule has 1 saturated heterocycles. The molecule has 0 spiro atoms. The monoisotopic (exact) mass is 344 g/mol. The van der Waals surface area contributed by atoms with Crippen molar-refractivity contribution in [2.75, 3.05) is 39.5 Å². The average Bonchev–Trinajstić information content (AvgIpc) is 2.65. The highest BCUT2D eigenvalue weighted by molar-refractivity contribution is 5.83. The number of pyridine rings is 1. The maximum atomic E-state index is 12.3. The van der Waals surface area contributed by atoms with Crippen molar-refractivity contribution >= 4 is 16.8 Å². The molecule has 0 unspecified atom stereocenters. The van der Waals surface area contributed by atoms with E-state index < -0.39 is 0 Å². The van der Waals surface area contributed by atoms with Gasteiger partial charge in [0.05, 0.1) is 18.7 Å². The Morgan fingerprint density at radius 2 is 1.76 bits per heavy atom. The summed E-state index contributed by atoms with van der Waals surface area (Å²) in [4.78, 5) is 29.2. The van der Waals surface area contributed by atoms with Crippen molar-refractivity contribution in [3.05, 3.63) is 34.1 Å². The van der Waals surface area contributed by atoms with E-state index in [-0.39, 0.29) is 11.5 Å². The van der Waals surface area contributed by atoms with Gasteiger partial charge < -0.3 is 24.1 Å². The first-order chi connectivity index (χ1) is 12.2. The van der Waals surface area contributed by atoms with Crippen molar-refractivity contribution in [1.29, 1.82) is 0 Å². The molecule has 132 valence electrons. The van der Waals surface area contributed by atoms with Gasteiger partial charge in [0.15, 0.2) is 11.5 Å². The molecule has 1 aromatic heterocycles. The Hall–Kier alpha value is -2.54. The second-order valence-electron chi connectivity index (χ2n) is 6.20. The van der Waals surface area contributed by atoms with Crippen molar-refractivity contribution in [3.63, 3.8) is 0 Å². The number of nitrogens with one attached hydrogen (secondary N) is 1. The summed E-state index contributed by atoms with van der Waals surface area (Å²) in [6, 6.07) is 5.49. The van der Waals surface area contributed by atoms with E-state index in [1.165, 1.54) is 0 Å². The van der Waals surface area contributed by atoms with Crippen molar-refractivity contribution in [3.8, 4) is 11.5 Å². The van der Waals surface area contributed by atoms with Crippen molar-refractivity contribution < 1.29 is 19.0 Å². The standard InChI is InChI=1S/C18H20N2O5/c21-17(20-3-5-23-6-4-20)2-1-12-9-13-10-15-16(25-8-7-24-15)11-14(13)19-18(12)22/h9-11H,1-8H2,(H,19,22). The molecule has 0 radical (unpaired) electrons. The third-order valence-electron chi connectivity index (χ3n) is 4.56. The fourth-order valence-corrected chi connectivity index (χ4v) is 3.19. The van der Waals surface area contributed by atoms with Gasteiger partial charge in [-0.2, -0.15) is 0 Å². The smallest absolute Gasteiger partial charge is 0.251 e. The highest BCUT2D eigenvalue weighted by Crippen LogP contribution is 2.33. The number of nitrogens with zero attached hydrogens (tertiary/aromatic N) is 1. The van der Waals surface area contributed by atoms with Crippen molar-refractivity contribution in [1.82, 2.24) is 9.88 Å². The molecule has 0 aliphatic carbocycles. The molecular formula is C18H20N2O5. The Bertz CT molecular complexity index is 854. The number of carbonyl (C=O) groups is 1. The molecule has 4 rings (SSSR count). The third-order valence-corrected chi connectivity index (χ3v) is 4.56. The lowest BCUT2D eigenvalue weighted by molar-refractivity contribution is -0.135. The molecule has 0 bridgehead atoms. The maximum absolute atomic E-state index is 12.3. The molecule has 1 aromatic carbocycles. The van der Waals surface area contributed by atoms with Crippen LogP contribution in [-0.4, -0.2) is 55.3 Å². The number of H-pyrrole nitrogens is 1.